The Morgan fingerprint density at radius 2 is 1.89 bits per heavy atom. The van der Waals surface area contributed by atoms with Gasteiger partial charge in [0.1, 0.15) is 0 Å². The van der Waals surface area contributed by atoms with Crippen LogP contribution >= 0.6 is 23.2 Å². The Labute approximate surface area is 126 Å². The molecule has 2 nitrogen and oxygen atoms in total. The number of nitrogens with zero attached hydrogens (tertiary/aromatic N) is 1. The number of nitrogens with one attached hydrogen (secondary N) is 1. The van der Waals surface area contributed by atoms with E-state index >= 15 is 0 Å². The van der Waals surface area contributed by atoms with E-state index in [-0.39, 0.29) is 0 Å². The molecule has 1 fully saturated rings. The Balaban J connectivity index is 2.30. The van der Waals surface area contributed by atoms with Crippen molar-refractivity contribution in [2.45, 2.75) is 39.3 Å². The van der Waals surface area contributed by atoms with E-state index in [0.717, 1.165) is 25.2 Å². The number of benzene rings is 1. The maximum atomic E-state index is 6.14. The molecule has 0 bridgehead atoms. The average Bonchev–Trinajstić information content (AvgIpc) is 2.36. The Morgan fingerprint density at radius 3 is 2.42 bits per heavy atom. The summed E-state index contributed by atoms with van der Waals surface area (Å²) in [5.74, 6) is 0.586. The predicted octanol–water partition coefficient (Wildman–Crippen LogP) is 4.21. The summed E-state index contributed by atoms with van der Waals surface area (Å²) in [5, 5.41) is 5.03. The molecule has 0 amide bonds. The molecule has 2 unspecified atom stereocenters. The molecule has 0 spiro atoms. The maximum absolute atomic E-state index is 6.14. The quantitative estimate of drug-likeness (QED) is 0.900. The van der Waals surface area contributed by atoms with Crippen molar-refractivity contribution in [2.24, 2.45) is 5.92 Å². The zero-order valence-electron chi connectivity index (χ0n) is 11.8. The number of piperazine rings is 1. The van der Waals surface area contributed by atoms with Crippen molar-refractivity contribution in [3.63, 3.8) is 0 Å². The van der Waals surface area contributed by atoms with Crippen LogP contribution in [-0.4, -0.2) is 25.2 Å². The van der Waals surface area contributed by atoms with E-state index in [1.165, 1.54) is 0 Å². The standard InChI is InChI=1S/C15H22Cl2N2/c1-4-13-9-19(15(8-18-13)10(2)3)14-6-11(16)5-12(17)7-14/h5-7,10,13,15,18H,4,8-9H2,1-3H3. The molecule has 1 heterocycles. The van der Waals surface area contributed by atoms with Crippen molar-refractivity contribution in [1.82, 2.24) is 5.32 Å². The van der Waals surface area contributed by atoms with Gasteiger partial charge >= 0.3 is 0 Å². The molecule has 4 heteroatoms. The smallest absolute Gasteiger partial charge is 0.0441 e. The molecule has 1 N–H and O–H groups in total. The van der Waals surface area contributed by atoms with Crippen LogP contribution in [0.2, 0.25) is 10.0 Å². The zero-order valence-corrected chi connectivity index (χ0v) is 13.3. The lowest BCUT2D eigenvalue weighted by molar-refractivity contribution is 0.333. The minimum atomic E-state index is 0.484. The van der Waals surface area contributed by atoms with Gasteiger partial charge in [-0.3, -0.25) is 0 Å². The summed E-state index contributed by atoms with van der Waals surface area (Å²) in [5.41, 5.74) is 1.14. The first-order valence-corrected chi connectivity index (χ1v) is 7.73. The molecule has 106 valence electrons. The van der Waals surface area contributed by atoms with E-state index in [2.05, 4.69) is 31.0 Å². The molecule has 1 saturated heterocycles. The van der Waals surface area contributed by atoms with E-state index in [4.69, 9.17) is 23.2 Å². The average molecular weight is 301 g/mol. The molecule has 1 aliphatic rings. The van der Waals surface area contributed by atoms with Gasteiger partial charge in [-0.2, -0.15) is 0 Å². The SMILES string of the molecule is CCC1CN(c2cc(Cl)cc(Cl)c2)C(C(C)C)CN1. The molecule has 1 aromatic carbocycles. The molecule has 1 aromatic rings. The number of halogens is 2. The molecular weight excluding hydrogens is 279 g/mol. The topological polar surface area (TPSA) is 15.3 Å². The fourth-order valence-electron chi connectivity index (χ4n) is 2.71. The van der Waals surface area contributed by atoms with Crippen molar-refractivity contribution < 1.29 is 0 Å². The minimum Gasteiger partial charge on any atom is -0.365 e. The second kappa shape index (κ2) is 6.34. The van der Waals surface area contributed by atoms with Crippen LogP contribution in [0, 0.1) is 5.92 Å². The summed E-state index contributed by atoms with van der Waals surface area (Å²) < 4.78 is 0. The number of hydrogen-bond acceptors (Lipinski definition) is 2. The van der Waals surface area contributed by atoms with Crippen LogP contribution in [0.5, 0.6) is 0 Å². The summed E-state index contributed by atoms with van der Waals surface area (Å²) in [6.07, 6.45) is 1.13. The van der Waals surface area contributed by atoms with Gasteiger partial charge in [0.25, 0.3) is 0 Å². The van der Waals surface area contributed by atoms with Gasteiger partial charge in [-0.1, -0.05) is 44.0 Å². The largest absolute Gasteiger partial charge is 0.365 e. The molecule has 2 atom stereocenters. The lowest BCUT2D eigenvalue weighted by Crippen LogP contribution is -2.58. The number of anilines is 1. The summed E-state index contributed by atoms with van der Waals surface area (Å²) in [7, 11) is 0. The third-order valence-corrected chi connectivity index (χ3v) is 4.31. The van der Waals surface area contributed by atoms with E-state index in [0.29, 0.717) is 28.0 Å². The molecule has 0 aliphatic carbocycles. The summed E-state index contributed by atoms with van der Waals surface area (Å²) in [6.45, 7) is 8.77. The molecule has 2 rings (SSSR count). The van der Waals surface area contributed by atoms with E-state index < -0.39 is 0 Å². The lowest BCUT2D eigenvalue weighted by Gasteiger charge is -2.44. The van der Waals surface area contributed by atoms with Crippen LogP contribution < -0.4 is 10.2 Å². The van der Waals surface area contributed by atoms with Gasteiger partial charge in [0, 0.05) is 40.9 Å². The lowest BCUT2D eigenvalue weighted by atomic mass is 9.97. The first-order chi connectivity index (χ1) is 9.01. The normalized spacial score (nSPS) is 24.0. The van der Waals surface area contributed by atoms with Gasteiger partial charge in [-0.25, -0.2) is 0 Å². The van der Waals surface area contributed by atoms with Crippen molar-refractivity contribution in [2.75, 3.05) is 18.0 Å². The molecule has 0 radical (unpaired) electrons. The second-order valence-electron chi connectivity index (χ2n) is 5.60. The third-order valence-electron chi connectivity index (χ3n) is 3.87. The van der Waals surface area contributed by atoms with Crippen molar-refractivity contribution in [1.29, 1.82) is 0 Å². The van der Waals surface area contributed by atoms with Gasteiger partial charge in [0.2, 0.25) is 0 Å². The first-order valence-electron chi connectivity index (χ1n) is 6.97. The van der Waals surface area contributed by atoms with Crippen LogP contribution in [-0.2, 0) is 0 Å². The van der Waals surface area contributed by atoms with Crippen LogP contribution in [0.25, 0.3) is 0 Å². The highest BCUT2D eigenvalue weighted by atomic mass is 35.5. The van der Waals surface area contributed by atoms with Gasteiger partial charge in [-0.05, 0) is 30.5 Å². The fraction of sp³-hybridized carbons (Fsp3) is 0.600. The fourth-order valence-corrected chi connectivity index (χ4v) is 3.22. The molecule has 19 heavy (non-hydrogen) atoms. The maximum Gasteiger partial charge on any atom is 0.0441 e. The Hall–Kier alpha value is -0.440. The highest BCUT2D eigenvalue weighted by Gasteiger charge is 2.29. The van der Waals surface area contributed by atoms with Crippen molar-refractivity contribution >= 4 is 28.9 Å². The van der Waals surface area contributed by atoms with Crippen molar-refractivity contribution in [3.05, 3.63) is 28.2 Å². The summed E-state index contributed by atoms with van der Waals surface area (Å²) in [4.78, 5) is 2.45. The van der Waals surface area contributed by atoms with Crippen LogP contribution in [0.15, 0.2) is 18.2 Å². The number of rotatable bonds is 3. The van der Waals surface area contributed by atoms with Crippen LogP contribution in [0.3, 0.4) is 0 Å². The van der Waals surface area contributed by atoms with Crippen LogP contribution in [0.4, 0.5) is 5.69 Å². The summed E-state index contributed by atoms with van der Waals surface area (Å²) in [6, 6.07) is 6.84. The molecular formula is C15H22Cl2N2. The second-order valence-corrected chi connectivity index (χ2v) is 6.48. The predicted molar refractivity (Wildman–Crippen MR) is 84.5 cm³/mol. The van der Waals surface area contributed by atoms with Gasteiger partial charge in [0.05, 0.1) is 0 Å². The Kier molecular flexibility index (Phi) is 4.99. The van der Waals surface area contributed by atoms with Crippen molar-refractivity contribution in [3.8, 4) is 0 Å². The van der Waals surface area contributed by atoms with E-state index in [1.807, 2.05) is 12.1 Å². The molecule has 0 saturated carbocycles. The monoisotopic (exact) mass is 300 g/mol. The molecule has 0 aromatic heterocycles. The zero-order chi connectivity index (χ0) is 14.0. The van der Waals surface area contributed by atoms with Gasteiger partial charge in [0.15, 0.2) is 0 Å². The molecule has 1 aliphatic heterocycles. The van der Waals surface area contributed by atoms with E-state index in [9.17, 15) is 0 Å². The number of hydrogen-bond donors (Lipinski definition) is 1. The summed E-state index contributed by atoms with van der Waals surface area (Å²) >= 11 is 12.3. The first kappa shape index (κ1) is 15.0. The highest BCUT2D eigenvalue weighted by molar-refractivity contribution is 6.35. The minimum absolute atomic E-state index is 0.484. The Bertz CT molecular complexity index is 414. The third kappa shape index (κ3) is 3.56. The van der Waals surface area contributed by atoms with Gasteiger partial charge in [-0.15, -0.1) is 0 Å². The van der Waals surface area contributed by atoms with Gasteiger partial charge < -0.3 is 10.2 Å². The highest BCUT2D eigenvalue weighted by Crippen LogP contribution is 2.30. The van der Waals surface area contributed by atoms with E-state index in [1.54, 1.807) is 6.07 Å². The van der Waals surface area contributed by atoms with Crippen LogP contribution in [0.1, 0.15) is 27.2 Å². The Morgan fingerprint density at radius 1 is 1.26 bits per heavy atom.